The van der Waals surface area contributed by atoms with Gasteiger partial charge in [-0.25, -0.2) is 8.42 Å². The van der Waals surface area contributed by atoms with Gasteiger partial charge in [-0.15, -0.1) is 0 Å². The highest BCUT2D eigenvalue weighted by Gasteiger charge is 2.39. The van der Waals surface area contributed by atoms with Crippen molar-refractivity contribution >= 4 is 31.9 Å². The summed E-state index contributed by atoms with van der Waals surface area (Å²) in [5, 5.41) is 2.74. The minimum absolute atomic E-state index is 0.191. The number of amides is 1. The average molecular weight is 413 g/mol. The molecular weight excluding hydrogens is 396 g/mol. The Bertz CT molecular complexity index is 803. The lowest BCUT2D eigenvalue weighted by Crippen LogP contribution is -2.45. The summed E-state index contributed by atoms with van der Waals surface area (Å²) in [7, 11) is -3.69. The number of furan rings is 1. The fraction of sp³-hybridized carbons (Fsp3) is 0.312. The fourth-order valence-electron chi connectivity index (χ4n) is 2.74. The van der Waals surface area contributed by atoms with Crippen LogP contribution in [-0.4, -0.2) is 31.2 Å². The number of nitrogens with one attached hydrogen (secondary N) is 1. The van der Waals surface area contributed by atoms with Crippen LogP contribution in [0.25, 0.3) is 0 Å². The molecule has 8 heteroatoms. The summed E-state index contributed by atoms with van der Waals surface area (Å²) in [6.07, 6.45) is 2.70. The van der Waals surface area contributed by atoms with Crippen molar-refractivity contribution < 1.29 is 17.6 Å². The second-order valence-electron chi connectivity index (χ2n) is 5.52. The van der Waals surface area contributed by atoms with Crippen LogP contribution in [0.2, 0.25) is 0 Å². The zero-order valence-corrected chi connectivity index (χ0v) is 15.2. The van der Waals surface area contributed by atoms with Gasteiger partial charge in [0.05, 0.1) is 17.7 Å². The molecule has 1 aromatic heterocycles. The molecule has 1 unspecified atom stereocenters. The lowest BCUT2D eigenvalue weighted by Gasteiger charge is -2.23. The van der Waals surface area contributed by atoms with Crippen LogP contribution in [0.3, 0.4) is 0 Å². The van der Waals surface area contributed by atoms with Gasteiger partial charge in [0, 0.05) is 11.0 Å². The van der Waals surface area contributed by atoms with Gasteiger partial charge in [0.1, 0.15) is 11.8 Å². The first kappa shape index (κ1) is 17.2. The minimum Gasteiger partial charge on any atom is -0.467 e. The Kier molecular flexibility index (Phi) is 5.07. The van der Waals surface area contributed by atoms with Gasteiger partial charge in [-0.2, -0.15) is 4.31 Å². The van der Waals surface area contributed by atoms with Crippen molar-refractivity contribution in [3.8, 4) is 0 Å². The first-order valence-corrected chi connectivity index (χ1v) is 9.79. The van der Waals surface area contributed by atoms with Crippen LogP contribution in [-0.2, 0) is 21.4 Å². The van der Waals surface area contributed by atoms with Crippen molar-refractivity contribution in [3.63, 3.8) is 0 Å². The SMILES string of the molecule is O=C(NCc1ccco1)C1CCCN1S(=O)(=O)c1ccc(Br)cc1. The van der Waals surface area contributed by atoms with E-state index in [0.717, 1.165) is 4.47 Å². The number of sulfonamides is 1. The van der Waals surface area contributed by atoms with E-state index < -0.39 is 16.1 Å². The number of benzene rings is 1. The molecule has 3 rings (SSSR count). The third-order valence-electron chi connectivity index (χ3n) is 3.94. The lowest BCUT2D eigenvalue weighted by molar-refractivity contribution is -0.124. The molecule has 2 heterocycles. The van der Waals surface area contributed by atoms with Crippen molar-refractivity contribution in [2.24, 2.45) is 0 Å². The van der Waals surface area contributed by atoms with Crippen molar-refractivity contribution in [1.29, 1.82) is 0 Å². The summed E-state index contributed by atoms with van der Waals surface area (Å²) in [4.78, 5) is 12.6. The quantitative estimate of drug-likeness (QED) is 0.817. The second-order valence-corrected chi connectivity index (χ2v) is 8.33. The van der Waals surface area contributed by atoms with Crippen molar-refractivity contribution in [3.05, 3.63) is 52.9 Å². The van der Waals surface area contributed by atoms with Gasteiger partial charge in [0.15, 0.2) is 0 Å². The maximum absolute atomic E-state index is 12.8. The maximum atomic E-state index is 12.8. The number of nitrogens with zero attached hydrogens (tertiary/aromatic N) is 1. The Balaban J connectivity index is 1.74. The van der Waals surface area contributed by atoms with Crippen LogP contribution < -0.4 is 5.32 Å². The molecule has 128 valence electrons. The molecular formula is C16H17BrN2O4S. The highest BCUT2D eigenvalue weighted by atomic mass is 79.9. The first-order chi connectivity index (χ1) is 11.5. The molecule has 1 amide bonds. The molecule has 1 fully saturated rings. The first-order valence-electron chi connectivity index (χ1n) is 7.56. The van der Waals surface area contributed by atoms with Gasteiger partial charge in [-0.05, 0) is 49.2 Å². The molecule has 0 saturated carbocycles. The van der Waals surface area contributed by atoms with Gasteiger partial charge in [0.2, 0.25) is 15.9 Å². The van der Waals surface area contributed by atoms with E-state index in [1.807, 2.05) is 0 Å². The monoisotopic (exact) mass is 412 g/mol. The summed E-state index contributed by atoms with van der Waals surface area (Å²) in [6.45, 7) is 0.589. The molecule has 0 radical (unpaired) electrons. The molecule has 2 aromatic rings. The van der Waals surface area contributed by atoms with Gasteiger partial charge >= 0.3 is 0 Å². The summed E-state index contributed by atoms with van der Waals surface area (Å²) < 4.78 is 32.9. The van der Waals surface area contributed by atoms with Gasteiger partial charge < -0.3 is 9.73 Å². The number of rotatable bonds is 5. The van der Waals surface area contributed by atoms with Gasteiger partial charge in [0.25, 0.3) is 0 Å². The summed E-state index contributed by atoms with van der Waals surface area (Å²) in [5.41, 5.74) is 0. The molecule has 1 saturated heterocycles. The standard InChI is InChI=1S/C16H17BrN2O4S/c17-12-5-7-14(8-6-12)24(21,22)19-9-1-4-15(19)16(20)18-11-13-3-2-10-23-13/h2-3,5-8,10,15H,1,4,9,11H2,(H,18,20). The van der Waals surface area contributed by atoms with Crippen LogP contribution in [0.1, 0.15) is 18.6 Å². The average Bonchev–Trinajstić information content (AvgIpc) is 3.24. The molecule has 0 spiro atoms. The van der Waals surface area contributed by atoms with Crippen LogP contribution >= 0.6 is 15.9 Å². The van der Waals surface area contributed by atoms with Crippen LogP contribution in [0.4, 0.5) is 0 Å². The number of hydrogen-bond acceptors (Lipinski definition) is 4. The van der Waals surface area contributed by atoms with Crippen LogP contribution in [0.15, 0.2) is 56.4 Å². The zero-order chi connectivity index (χ0) is 17.2. The largest absolute Gasteiger partial charge is 0.467 e. The number of halogens is 1. The smallest absolute Gasteiger partial charge is 0.243 e. The molecule has 1 N–H and O–H groups in total. The number of carbonyl (C=O) groups excluding carboxylic acids is 1. The molecule has 24 heavy (non-hydrogen) atoms. The Morgan fingerprint density at radius 1 is 1.29 bits per heavy atom. The Morgan fingerprint density at radius 3 is 2.71 bits per heavy atom. The van der Waals surface area contributed by atoms with E-state index in [4.69, 9.17) is 4.42 Å². The van der Waals surface area contributed by atoms with E-state index in [-0.39, 0.29) is 17.3 Å². The van der Waals surface area contributed by atoms with Crippen LogP contribution in [0, 0.1) is 0 Å². The Labute approximate surface area is 149 Å². The van der Waals surface area contributed by atoms with Crippen molar-refractivity contribution in [1.82, 2.24) is 9.62 Å². The third kappa shape index (κ3) is 3.55. The third-order valence-corrected chi connectivity index (χ3v) is 6.39. The normalized spacial score (nSPS) is 18.6. The fourth-order valence-corrected chi connectivity index (χ4v) is 4.66. The Morgan fingerprint density at radius 2 is 2.04 bits per heavy atom. The highest BCUT2D eigenvalue weighted by molar-refractivity contribution is 9.10. The van der Waals surface area contributed by atoms with Gasteiger partial charge in [-0.3, -0.25) is 4.79 Å². The Hall–Kier alpha value is -1.64. The van der Waals surface area contributed by atoms with E-state index >= 15 is 0 Å². The van der Waals surface area contributed by atoms with E-state index in [1.165, 1.54) is 22.7 Å². The number of hydrogen-bond donors (Lipinski definition) is 1. The van der Waals surface area contributed by atoms with Crippen molar-refractivity contribution in [2.75, 3.05) is 6.54 Å². The molecule has 1 aliphatic heterocycles. The zero-order valence-electron chi connectivity index (χ0n) is 12.8. The van der Waals surface area contributed by atoms with E-state index in [1.54, 1.807) is 24.3 Å². The number of carbonyl (C=O) groups is 1. The van der Waals surface area contributed by atoms with Crippen molar-refractivity contribution in [2.45, 2.75) is 30.3 Å². The highest BCUT2D eigenvalue weighted by Crippen LogP contribution is 2.27. The minimum atomic E-state index is -3.69. The van der Waals surface area contributed by atoms with E-state index in [2.05, 4.69) is 21.2 Å². The summed E-state index contributed by atoms with van der Waals surface area (Å²) in [5.74, 6) is 0.327. The molecule has 0 aliphatic carbocycles. The van der Waals surface area contributed by atoms with E-state index in [9.17, 15) is 13.2 Å². The van der Waals surface area contributed by atoms with Gasteiger partial charge in [-0.1, -0.05) is 15.9 Å². The second kappa shape index (κ2) is 7.08. The maximum Gasteiger partial charge on any atom is 0.243 e. The lowest BCUT2D eigenvalue weighted by atomic mass is 10.2. The molecule has 1 aromatic carbocycles. The van der Waals surface area contributed by atoms with Crippen LogP contribution in [0.5, 0.6) is 0 Å². The molecule has 0 bridgehead atoms. The summed E-state index contributed by atoms with van der Waals surface area (Å²) in [6, 6.07) is 9.23. The van der Waals surface area contributed by atoms with E-state index in [0.29, 0.717) is 25.1 Å². The summed E-state index contributed by atoms with van der Waals surface area (Å²) >= 11 is 3.29. The molecule has 1 aliphatic rings. The topological polar surface area (TPSA) is 79.6 Å². The molecule has 6 nitrogen and oxygen atoms in total. The predicted octanol–water partition coefficient (Wildman–Crippen LogP) is 2.51. The predicted molar refractivity (Wildman–Crippen MR) is 91.6 cm³/mol. The molecule has 1 atom stereocenters.